The van der Waals surface area contributed by atoms with Crippen LogP contribution in [-0.4, -0.2) is 18.8 Å². The largest absolute Gasteiger partial charge is 0.494 e. The molecular formula is C20H22BF3O3. The first-order valence-corrected chi connectivity index (χ1v) is 8.85. The third-order valence-corrected chi connectivity index (χ3v) is 4.38. The van der Waals surface area contributed by atoms with Gasteiger partial charge in [-0.05, 0) is 50.4 Å². The van der Waals surface area contributed by atoms with Crippen molar-refractivity contribution in [1.82, 2.24) is 0 Å². The minimum absolute atomic E-state index is 0.0593. The van der Waals surface area contributed by atoms with Gasteiger partial charge in [0.2, 0.25) is 0 Å². The Balaban J connectivity index is 1.86. The van der Waals surface area contributed by atoms with Gasteiger partial charge in [0.25, 0.3) is 0 Å². The Hall–Kier alpha value is -1.99. The van der Waals surface area contributed by atoms with Crippen molar-refractivity contribution in [2.24, 2.45) is 0 Å². The molecule has 1 fully saturated rings. The molecule has 1 saturated heterocycles. The van der Waals surface area contributed by atoms with Crippen molar-refractivity contribution in [2.75, 3.05) is 0 Å². The van der Waals surface area contributed by atoms with E-state index in [-0.39, 0.29) is 18.5 Å². The van der Waals surface area contributed by atoms with Gasteiger partial charge >= 0.3 is 13.3 Å². The summed E-state index contributed by atoms with van der Waals surface area (Å²) >= 11 is 0. The summed E-state index contributed by atoms with van der Waals surface area (Å²) in [5.41, 5.74) is -0.180. The molecule has 0 unspecified atom stereocenters. The van der Waals surface area contributed by atoms with Gasteiger partial charge in [-0.1, -0.05) is 36.4 Å². The summed E-state index contributed by atoms with van der Waals surface area (Å²) < 4.78 is 57.8. The van der Waals surface area contributed by atoms with Gasteiger partial charge in [0.1, 0.15) is 12.4 Å². The highest BCUT2D eigenvalue weighted by Gasteiger charge is 2.41. The van der Waals surface area contributed by atoms with Crippen LogP contribution in [0.5, 0.6) is 5.75 Å². The number of halogens is 3. The third kappa shape index (κ3) is 5.05. The van der Waals surface area contributed by atoms with E-state index in [1.807, 2.05) is 39.0 Å². The number of hydrogen-bond donors (Lipinski definition) is 0. The minimum atomic E-state index is -4.54. The van der Waals surface area contributed by atoms with Crippen molar-refractivity contribution in [2.45, 2.75) is 51.7 Å². The van der Waals surface area contributed by atoms with Crippen LogP contribution in [0.1, 0.15) is 38.3 Å². The van der Waals surface area contributed by atoms with Crippen LogP contribution in [0.2, 0.25) is 0 Å². The van der Waals surface area contributed by atoms with Crippen molar-refractivity contribution in [3.05, 3.63) is 59.7 Å². The van der Waals surface area contributed by atoms with Gasteiger partial charge in [-0.3, -0.25) is 0 Å². The zero-order valence-corrected chi connectivity index (χ0v) is 15.5. The lowest BCUT2D eigenvalue weighted by atomic mass is 9.74. The first-order valence-electron chi connectivity index (χ1n) is 8.85. The molecule has 2 aromatic rings. The molecule has 1 aliphatic heterocycles. The summed E-state index contributed by atoms with van der Waals surface area (Å²) in [6.45, 7) is 5.76. The average molecular weight is 378 g/mol. The second-order valence-electron chi connectivity index (χ2n) is 7.39. The molecule has 0 aromatic heterocycles. The van der Waals surface area contributed by atoms with Gasteiger partial charge in [-0.25, -0.2) is 0 Å². The fourth-order valence-corrected chi connectivity index (χ4v) is 3.24. The summed E-state index contributed by atoms with van der Waals surface area (Å²) in [5.74, 6) is -0.210. The van der Waals surface area contributed by atoms with Crippen LogP contribution in [0.15, 0.2) is 48.5 Å². The number of hydrogen-bond acceptors (Lipinski definition) is 3. The van der Waals surface area contributed by atoms with Crippen LogP contribution in [0.4, 0.5) is 13.2 Å². The second kappa shape index (κ2) is 7.56. The Morgan fingerprint density at radius 1 is 1.15 bits per heavy atom. The van der Waals surface area contributed by atoms with Gasteiger partial charge in [-0.2, -0.15) is 13.2 Å². The standard InChI is InChI=1S/C20H22BF3O3/c1-14-12-19(2,3)27-21(26-14)16-9-10-18(17(11-16)20(22,23)24)25-13-15-7-5-4-6-8-15/h4-11,14H,12-13H2,1-3H3/t14-/m1/s1. The molecule has 144 valence electrons. The molecule has 0 spiro atoms. The van der Waals surface area contributed by atoms with Crippen molar-refractivity contribution >= 4 is 12.6 Å². The van der Waals surface area contributed by atoms with Crippen LogP contribution in [0.3, 0.4) is 0 Å². The van der Waals surface area contributed by atoms with Gasteiger partial charge in [-0.15, -0.1) is 0 Å². The van der Waals surface area contributed by atoms with Gasteiger partial charge in [0.05, 0.1) is 11.2 Å². The van der Waals surface area contributed by atoms with Crippen LogP contribution >= 0.6 is 0 Å². The monoisotopic (exact) mass is 378 g/mol. The molecule has 3 nitrogen and oxygen atoms in total. The highest BCUT2D eigenvalue weighted by molar-refractivity contribution is 6.61. The molecule has 1 heterocycles. The Bertz CT molecular complexity index is 778. The highest BCUT2D eigenvalue weighted by atomic mass is 19.4. The second-order valence-corrected chi connectivity index (χ2v) is 7.39. The maximum Gasteiger partial charge on any atom is 0.494 e. The van der Waals surface area contributed by atoms with Crippen LogP contribution < -0.4 is 10.2 Å². The van der Waals surface area contributed by atoms with Crippen molar-refractivity contribution in [3.63, 3.8) is 0 Å². The number of alkyl halides is 3. The van der Waals surface area contributed by atoms with E-state index in [0.29, 0.717) is 11.9 Å². The Morgan fingerprint density at radius 2 is 1.85 bits per heavy atom. The molecule has 1 aliphatic rings. The first kappa shape index (κ1) is 19.8. The molecule has 3 rings (SSSR count). The Kier molecular flexibility index (Phi) is 5.54. The summed E-state index contributed by atoms with van der Waals surface area (Å²) in [6.07, 6.45) is -3.98. The quantitative estimate of drug-likeness (QED) is 0.729. The first-order chi connectivity index (χ1) is 12.6. The van der Waals surface area contributed by atoms with Gasteiger partial charge < -0.3 is 14.0 Å². The minimum Gasteiger partial charge on any atom is -0.488 e. The molecule has 1 atom stereocenters. The normalized spacial score (nSPS) is 19.8. The zero-order valence-electron chi connectivity index (χ0n) is 15.5. The third-order valence-electron chi connectivity index (χ3n) is 4.38. The lowest BCUT2D eigenvalue weighted by Gasteiger charge is -2.38. The predicted molar refractivity (Wildman–Crippen MR) is 97.9 cm³/mol. The van der Waals surface area contributed by atoms with E-state index in [2.05, 4.69) is 0 Å². The molecular weight excluding hydrogens is 356 g/mol. The fourth-order valence-electron chi connectivity index (χ4n) is 3.24. The highest BCUT2D eigenvalue weighted by Crippen LogP contribution is 2.36. The van der Waals surface area contributed by atoms with E-state index in [0.717, 1.165) is 11.6 Å². The predicted octanol–water partition coefficient (Wildman–Crippen LogP) is 4.58. The maximum atomic E-state index is 13.6. The summed E-state index contributed by atoms with van der Waals surface area (Å²) in [4.78, 5) is 0. The number of ether oxygens (including phenoxy) is 1. The lowest BCUT2D eigenvalue weighted by Crippen LogP contribution is -2.51. The van der Waals surface area contributed by atoms with Crippen LogP contribution in [0.25, 0.3) is 0 Å². The van der Waals surface area contributed by atoms with E-state index < -0.39 is 24.5 Å². The average Bonchev–Trinajstić information content (AvgIpc) is 2.58. The van der Waals surface area contributed by atoms with Crippen LogP contribution in [0, 0.1) is 0 Å². The SMILES string of the molecule is C[C@@H]1CC(C)(C)OB(c2ccc(OCc3ccccc3)c(C(F)(F)F)c2)O1. The number of benzene rings is 2. The molecule has 0 radical (unpaired) electrons. The van der Waals surface area contributed by atoms with Crippen molar-refractivity contribution in [1.29, 1.82) is 0 Å². The van der Waals surface area contributed by atoms with Crippen molar-refractivity contribution < 1.29 is 27.2 Å². The topological polar surface area (TPSA) is 27.7 Å². The van der Waals surface area contributed by atoms with E-state index in [1.165, 1.54) is 6.07 Å². The van der Waals surface area contributed by atoms with Crippen LogP contribution in [-0.2, 0) is 22.1 Å². The van der Waals surface area contributed by atoms with E-state index >= 15 is 0 Å². The molecule has 0 amide bonds. The molecule has 27 heavy (non-hydrogen) atoms. The molecule has 0 saturated carbocycles. The number of rotatable bonds is 4. The molecule has 7 heteroatoms. The smallest absolute Gasteiger partial charge is 0.488 e. The molecule has 0 aliphatic carbocycles. The molecule has 0 bridgehead atoms. The van der Waals surface area contributed by atoms with Gasteiger partial charge in [0.15, 0.2) is 0 Å². The summed E-state index contributed by atoms with van der Waals surface area (Å²) in [7, 11) is -0.840. The molecule has 2 aromatic carbocycles. The lowest BCUT2D eigenvalue weighted by molar-refractivity contribution is -0.139. The fraction of sp³-hybridized carbons (Fsp3) is 0.400. The van der Waals surface area contributed by atoms with E-state index in [4.69, 9.17) is 14.0 Å². The Morgan fingerprint density at radius 3 is 2.48 bits per heavy atom. The molecule has 0 N–H and O–H groups in total. The van der Waals surface area contributed by atoms with E-state index in [9.17, 15) is 13.2 Å². The Labute approximate surface area is 157 Å². The van der Waals surface area contributed by atoms with Gasteiger partial charge in [0, 0.05) is 6.10 Å². The van der Waals surface area contributed by atoms with Crippen molar-refractivity contribution in [3.8, 4) is 5.75 Å². The maximum absolute atomic E-state index is 13.6. The van der Waals surface area contributed by atoms with E-state index in [1.54, 1.807) is 18.2 Å². The zero-order chi connectivity index (χ0) is 19.7. The summed E-state index contributed by atoms with van der Waals surface area (Å²) in [6, 6.07) is 13.0. The summed E-state index contributed by atoms with van der Waals surface area (Å²) in [5, 5.41) is 0.